The van der Waals surface area contributed by atoms with Crippen molar-refractivity contribution in [3.63, 3.8) is 0 Å². The normalized spacial score (nSPS) is 10.7. The highest BCUT2D eigenvalue weighted by Crippen LogP contribution is 2.29. The summed E-state index contributed by atoms with van der Waals surface area (Å²) in [5.41, 5.74) is 7.25. The Labute approximate surface area is 134 Å². The molecule has 0 aliphatic heterocycles. The first kappa shape index (κ1) is 14.9. The maximum absolute atomic E-state index is 12.3. The van der Waals surface area contributed by atoms with Gasteiger partial charge in [0.1, 0.15) is 5.69 Å². The lowest BCUT2D eigenvalue weighted by molar-refractivity contribution is -0.383. The molecule has 0 aliphatic rings. The number of benzene rings is 2. The van der Waals surface area contributed by atoms with Gasteiger partial charge in [0.15, 0.2) is 5.13 Å². The number of nitro benzene ring substituents is 1. The summed E-state index contributed by atoms with van der Waals surface area (Å²) in [7, 11) is 0. The number of aryl methyl sites for hydroxylation is 1. The summed E-state index contributed by atoms with van der Waals surface area (Å²) in [5, 5.41) is 14.0. The van der Waals surface area contributed by atoms with Crippen molar-refractivity contribution in [3.8, 4) is 0 Å². The largest absolute Gasteiger partial charge is 0.393 e. The molecular weight excluding hydrogens is 316 g/mol. The van der Waals surface area contributed by atoms with Crippen LogP contribution in [0.1, 0.15) is 15.9 Å². The Morgan fingerprint density at radius 3 is 2.83 bits per heavy atom. The van der Waals surface area contributed by atoms with Gasteiger partial charge < -0.3 is 5.73 Å². The molecule has 0 radical (unpaired) electrons. The Bertz CT molecular complexity index is 936. The van der Waals surface area contributed by atoms with Crippen LogP contribution in [0.3, 0.4) is 0 Å². The number of para-hydroxylation sites is 1. The molecule has 0 saturated heterocycles. The van der Waals surface area contributed by atoms with Crippen molar-refractivity contribution in [2.24, 2.45) is 0 Å². The monoisotopic (exact) mass is 328 g/mol. The van der Waals surface area contributed by atoms with Gasteiger partial charge in [0.25, 0.3) is 11.6 Å². The minimum atomic E-state index is -0.618. The van der Waals surface area contributed by atoms with Crippen LogP contribution in [0, 0.1) is 17.0 Å². The Hall–Kier alpha value is -3.00. The summed E-state index contributed by atoms with van der Waals surface area (Å²) in [6.45, 7) is 1.94. The van der Waals surface area contributed by atoms with Crippen molar-refractivity contribution in [2.45, 2.75) is 6.92 Å². The van der Waals surface area contributed by atoms with Crippen LogP contribution in [0.15, 0.2) is 36.4 Å². The Morgan fingerprint density at radius 1 is 1.35 bits per heavy atom. The smallest absolute Gasteiger partial charge is 0.292 e. The third-order valence-corrected chi connectivity index (χ3v) is 4.27. The molecule has 0 aliphatic carbocycles. The fraction of sp³-hybridized carbons (Fsp3) is 0.0667. The van der Waals surface area contributed by atoms with Crippen molar-refractivity contribution in [3.05, 3.63) is 57.6 Å². The lowest BCUT2D eigenvalue weighted by Gasteiger charge is -2.03. The first-order chi connectivity index (χ1) is 11.0. The molecule has 0 bridgehead atoms. The molecule has 116 valence electrons. The quantitative estimate of drug-likeness (QED) is 0.435. The molecule has 3 aromatic rings. The summed E-state index contributed by atoms with van der Waals surface area (Å²) in [5.74, 6) is -0.468. The molecule has 0 spiro atoms. The molecule has 23 heavy (non-hydrogen) atoms. The van der Waals surface area contributed by atoms with Crippen LogP contribution in [0.2, 0.25) is 0 Å². The molecule has 7 nitrogen and oxygen atoms in total. The number of hydrogen-bond donors (Lipinski definition) is 2. The van der Waals surface area contributed by atoms with Gasteiger partial charge in [-0.05, 0) is 30.7 Å². The highest BCUT2D eigenvalue weighted by molar-refractivity contribution is 7.22. The van der Waals surface area contributed by atoms with E-state index in [0.29, 0.717) is 5.13 Å². The zero-order chi connectivity index (χ0) is 16.6. The number of anilines is 2. The zero-order valence-corrected chi connectivity index (χ0v) is 12.9. The summed E-state index contributed by atoms with van der Waals surface area (Å²) >= 11 is 1.35. The Balaban J connectivity index is 1.90. The summed E-state index contributed by atoms with van der Waals surface area (Å²) in [6, 6.07) is 9.72. The highest BCUT2D eigenvalue weighted by atomic mass is 32.1. The van der Waals surface area contributed by atoms with E-state index in [1.54, 1.807) is 0 Å². The third kappa shape index (κ3) is 2.84. The van der Waals surface area contributed by atoms with Gasteiger partial charge in [-0.15, -0.1) is 0 Å². The maximum Gasteiger partial charge on any atom is 0.292 e. The zero-order valence-electron chi connectivity index (χ0n) is 12.1. The SMILES string of the molecule is Cc1cccc2sc(NC(=O)c3ccc(N)c([N+](=O)[O-])c3)nc12. The van der Waals surface area contributed by atoms with E-state index in [2.05, 4.69) is 10.3 Å². The third-order valence-electron chi connectivity index (χ3n) is 3.33. The van der Waals surface area contributed by atoms with E-state index >= 15 is 0 Å². The number of nitrogens with two attached hydrogens (primary N) is 1. The van der Waals surface area contributed by atoms with Gasteiger partial charge >= 0.3 is 0 Å². The predicted molar refractivity (Wildman–Crippen MR) is 89.8 cm³/mol. The lowest BCUT2D eigenvalue weighted by Crippen LogP contribution is -2.12. The number of carbonyl (C=O) groups excluding carboxylic acids is 1. The van der Waals surface area contributed by atoms with E-state index in [1.165, 1.54) is 23.5 Å². The number of hydrogen-bond acceptors (Lipinski definition) is 6. The second-order valence-corrected chi connectivity index (χ2v) is 5.96. The standard InChI is InChI=1S/C15H12N4O3S/c1-8-3-2-4-12-13(8)17-15(23-12)18-14(20)9-5-6-10(16)11(7-9)19(21)22/h2-7H,16H2,1H3,(H,17,18,20). The van der Waals surface area contributed by atoms with E-state index in [9.17, 15) is 14.9 Å². The van der Waals surface area contributed by atoms with E-state index in [0.717, 1.165) is 21.8 Å². The average molecular weight is 328 g/mol. The molecule has 8 heteroatoms. The number of nitrogens with zero attached hydrogens (tertiary/aromatic N) is 2. The van der Waals surface area contributed by atoms with E-state index in [1.807, 2.05) is 25.1 Å². The van der Waals surface area contributed by atoms with Gasteiger partial charge in [0.05, 0.1) is 15.1 Å². The molecule has 3 N–H and O–H groups in total. The number of nitrogens with one attached hydrogen (secondary N) is 1. The maximum atomic E-state index is 12.3. The Morgan fingerprint density at radius 2 is 2.13 bits per heavy atom. The van der Waals surface area contributed by atoms with Crippen LogP contribution in [-0.2, 0) is 0 Å². The minimum Gasteiger partial charge on any atom is -0.393 e. The molecule has 0 unspecified atom stereocenters. The summed E-state index contributed by atoms with van der Waals surface area (Å²) in [4.78, 5) is 26.9. The second kappa shape index (κ2) is 5.65. The number of nitro groups is 1. The molecule has 1 aromatic heterocycles. The summed E-state index contributed by atoms with van der Waals surface area (Å²) < 4.78 is 0.962. The molecule has 0 fully saturated rings. The minimum absolute atomic E-state index is 0.0159. The van der Waals surface area contributed by atoms with Crippen molar-refractivity contribution >= 4 is 44.0 Å². The average Bonchev–Trinajstić information content (AvgIpc) is 2.91. The highest BCUT2D eigenvalue weighted by Gasteiger charge is 2.17. The number of rotatable bonds is 3. The molecule has 0 atom stereocenters. The van der Waals surface area contributed by atoms with Gasteiger partial charge in [0.2, 0.25) is 0 Å². The van der Waals surface area contributed by atoms with Crippen molar-refractivity contribution in [2.75, 3.05) is 11.1 Å². The number of nitrogen functional groups attached to an aromatic ring is 1. The second-order valence-electron chi connectivity index (χ2n) is 4.93. The lowest BCUT2D eigenvalue weighted by atomic mass is 10.1. The molecule has 0 saturated carbocycles. The van der Waals surface area contributed by atoms with Crippen LogP contribution in [0.5, 0.6) is 0 Å². The first-order valence-corrected chi connectivity index (χ1v) is 7.49. The first-order valence-electron chi connectivity index (χ1n) is 6.67. The molecule has 3 rings (SSSR count). The van der Waals surface area contributed by atoms with Crippen LogP contribution in [-0.4, -0.2) is 15.8 Å². The fourth-order valence-corrected chi connectivity index (χ4v) is 3.09. The van der Waals surface area contributed by atoms with Crippen LogP contribution in [0.4, 0.5) is 16.5 Å². The molecule has 1 heterocycles. The molecule has 2 aromatic carbocycles. The number of aromatic nitrogens is 1. The van der Waals surface area contributed by atoms with Crippen LogP contribution in [0.25, 0.3) is 10.2 Å². The van der Waals surface area contributed by atoms with Crippen LogP contribution < -0.4 is 11.1 Å². The van der Waals surface area contributed by atoms with Gasteiger partial charge in [-0.2, -0.15) is 0 Å². The number of thiazole rings is 1. The topological polar surface area (TPSA) is 111 Å². The van der Waals surface area contributed by atoms with Crippen molar-refractivity contribution < 1.29 is 9.72 Å². The number of amides is 1. The fourth-order valence-electron chi connectivity index (χ4n) is 2.15. The van der Waals surface area contributed by atoms with E-state index in [-0.39, 0.29) is 16.9 Å². The Kier molecular flexibility index (Phi) is 3.67. The van der Waals surface area contributed by atoms with Gasteiger partial charge in [-0.3, -0.25) is 20.2 Å². The number of carbonyl (C=O) groups is 1. The van der Waals surface area contributed by atoms with Gasteiger partial charge in [-0.25, -0.2) is 4.98 Å². The van der Waals surface area contributed by atoms with Crippen molar-refractivity contribution in [1.29, 1.82) is 0 Å². The van der Waals surface area contributed by atoms with Crippen LogP contribution >= 0.6 is 11.3 Å². The number of fused-ring (bicyclic) bond motifs is 1. The van der Waals surface area contributed by atoms with E-state index in [4.69, 9.17) is 5.73 Å². The molecule has 1 amide bonds. The van der Waals surface area contributed by atoms with E-state index < -0.39 is 10.8 Å². The van der Waals surface area contributed by atoms with Gasteiger partial charge in [0, 0.05) is 11.6 Å². The predicted octanol–water partition coefficient (Wildman–Crippen LogP) is 3.35. The van der Waals surface area contributed by atoms with Crippen molar-refractivity contribution in [1.82, 2.24) is 4.98 Å². The summed E-state index contributed by atoms with van der Waals surface area (Å²) in [6.07, 6.45) is 0. The van der Waals surface area contributed by atoms with Gasteiger partial charge in [-0.1, -0.05) is 23.5 Å². The molecular formula is C15H12N4O3S.